The Morgan fingerprint density at radius 3 is 2.96 bits per heavy atom. The number of hydrogen-bond donors (Lipinski definition) is 1. The average Bonchev–Trinajstić information content (AvgIpc) is 3.06. The number of nitrogens with zero attached hydrogens (tertiary/aromatic N) is 2. The van der Waals surface area contributed by atoms with E-state index in [4.69, 9.17) is 0 Å². The monoisotopic (exact) mass is 365 g/mol. The summed E-state index contributed by atoms with van der Waals surface area (Å²) >= 11 is 0. The Kier molecular flexibility index (Phi) is 3.75. The van der Waals surface area contributed by atoms with Gasteiger partial charge in [-0.05, 0) is 36.6 Å². The fourth-order valence-electron chi connectivity index (χ4n) is 4.74. The third kappa shape index (κ3) is 2.80. The number of H-pyrrole nitrogens is 1. The highest BCUT2D eigenvalue weighted by Crippen LogP contribution is 2.35. The number of ketones is 1. The lowest BCUT2D eigenvalue weighted by Crippen LogP contribution is -2.48. The molecule has 0 spiro atoms. The second kappa shape index (κ2) is 6.16. The number of piperidine rings is 1. The molecule has 2 unspecified atom stereocenters. The first kappa shape index (κ1) is 16.4. The van der Waals surface area contributed by atoms with Gasteiger partial charge >= 0.3 is 0 Å². The van der Waals surface area contributed by atoms with Gasteiger partial charge in [-0.25, -0.2) is 4.39 Å². The molecule has 5 rings (SSSR count). The number of nitrogens with one attached hydrogen (secondary N) is 1. The van der Waals surface area contributed by atoms with Crippen molar-refractivity contribution in [2.45, 2.75) is 18.9 Å². The lowest BCUT2D eigenvalue weighted by Gasteiger charge is -2.42. The minimum Gasteiger partial charge on any atom is -0.360 e. The highest BCUT2D eigenvalue weighted by atomic mass is 19.1. The Balaban J connectivity index is 1.38. The number of halogens is 1. The summed E-state index contributed by atoms with van der Waals surface area (Å²) in [5, 5.41) is 0.633. The van der Waals surface area contributed by atoms with E-state index < -0.39 is 0 Å². The van der Waals surface area contributed by atoms with Crippen molar-refractivity contribution in [3.63, 3.8) is 0 Å². The lowest BCUT2D eigenvalue weighted by molar-refractivity contribution is 0.0819. The number of carbonyl (C=O) groups excluding carboxylic acids is 1. The third-order valence-electron chi connectivity index (χ3n) is 5.87. The number of hydrogen-bond acceptors (Lipinski definition) is 3. The highest BCUT2D eigenvalue weighted by molar-refractivity contribution is 6.08. The number of rotatable bonds is 3. The molecule has 2 atom stereocenters. The number of pyridine rings is 1. The van der Waals surface area contributed by atoms with E-state index in [-0.39, 0.29) is 23.1 Å². The molecule has 3 aromatic rings. The van der Waals surface area contributed by atoms with E-state index in [9.17, 15) is 14.0 Å². The fourth-order valence-corrected chi connectivity index (χ4v) is 4.74. The Morgan fingerprint density at radius 2 is 2.07 bits per heavy atom. The summed E-state index contributed by atoms with van der Waals surface area (Å²) in [7, 11) is 0. The van der Waals surface area contributed by atoms with Crippen molar-refractivity contribution in [2.75, 3.05) is 19.6 Å². The van der Waals surface area contributed by atoms with E-state index in [1.165, 1.54) is 12.1 Å². The van der Waals surface area contributed by atoms with E-state index in [0.717, 1.165) is 30.7 Å². The van der Waals surface area contributed by atoms with Crippen molar-refractivity contribution in [1.29, 1.82) is 0 Å². The smallest absolute Gasteiger partial charge is 0.250 e. The Bertz CT molecular complexity index is 1100. The van der Waals surface area contributed by atoms with Crippen molar-refractivity contribution >= 4 is 16.7 Å². The molecule has 1 aromatic carbocycles. The molecule has 0 amide bonds. The Hall–Kier alpha value is -2.73. The molecular formula is C21H20FN3O2. The fraction of sp³-hybridized carbons (Fsp3) is 0.333. The van der Waals surface area contributed by atoms with Crippen LogP contribution in [0.15, 0.2) is 47.4 Å². The van der Waals surface area contributed by atoms with Crippen LogP contribution in [0.1, 0.15) is 28.4 Å². The minimum atomic E-state index is -0.342. The molecule has 5 nitrogen and oxygen atoms in total. The van der Waals surface area contributed by atoms with Gasteiger partial charge in [-0.2, -0.15) is 0 Å². The van der Waals surface area contributed by atoms with Crippen LogP contribution in [0.4, 0.5) is 4.39 Å². The van der Waals surface area contributed by atoms with Gasteiger partial charge in [0.1, 0.15) is 5.82 Å². The minimum absolute atomic E-state index is 0.00252. The number of fused-ring (bicyclic) bond motifs is 5. The lowest BCUT2D eigenvalue weighted by atomic mass is 9.83. The standard InChI is InChI=1S/C21H20FN3O2/c22-15-4-5-18-16(7-15)17(8-23-18)20(26)12-24-9-13-6-14(11-24)19-2-1-3-21(27)25(19)10-13/h1-5,7-8,13-14,23H,6,9-12H2. The molecule has 1 saturated heterocycles. The van der Waals surface area contributed by atoms with Gasteiger partial charge in [0.15, 0.2) is 5.78 Å². The summed E-state index contributed by atoms with van der Waals surface area (Å²) in [6, 6.07) is 9.91. The number of benzene rings is 1. The van der Waals surface area contributed by atoms with Gasteiger partial charge in [0.2, 0.25) is 0 Å². The van der Waals surface area contributed by atoms with Gasteiger partial charge in [0.25, 0.3) is 5.56 Å². The number of Topliss-reactive ketones (excluding diaryl/α,β-unsaturated/α-hetero) is 1. The maximum Gasteiger partial charge on any atom is 0.250 e. The molecule has 0 radical (unpaired) electrons. The molecule has 138 valence electrons. The summed E-state index contributed by atoms with van der Waals surface area (Å²) in [6.45, 7) is 2.60. The average molecular weight is 365 g/mol. The van der Waals surface area contributed by atoms with Crippen LogP contribution >= 0.6 is 0 Å². The van der Waals surface area contributed by atoms with E-state index in [1.54, 1.807) is 18.3 Å². The number of likely N-dealkylation sites (tertiary alicyclic amines) is 1. The quantitative estimate of drug-likeness (QED) is 0.726. The van der Waals surface area contributed by atoms with E-state index in [0.29, 0.717) is 30.0 Å². The Morgan fingerprint density at radius 1 is 1.19 bits per heavy atom. The molecule has 4 heterocycles. The molecule has 6 heteroatoms. The topological polar surface area (TPSA) is 58.1 Å². The van der Waals surface area contributed by atoms with Crippen molar-refractivity contribution in [1.82, 2.24) is 14.5 Å². The van der Waals surface area contributed by atoms with Crippen molar-refractivity contribution in [3.05, 3.63) is 70.0 Å². The maximum absolute atomic E-state index is 13.6. The van der Waals surface area contributed by atoms with E-state index in [1.807, 2.05) is 16.7 Å². The molecule has 2 aromatic heterocycles. The van der Waals surface area contributed by atoms with E-state index >= 15 is 0 Å². The maximum atomic E-state index is 13.6. The van der Waals surface area contributed by atoms with Crippen molar-refractivity contribution < 1.29 is 9.18 Å². The molecule has 2 aliphatic heterocycles. The van der Waals surface area contributed by atoms with Gasteiger partial charge < -0.3 is 9.55 Å². The summed E-state index contributed by atoms with van der Waals surface area (Å²) in [6.07, 6.45) is 2.73. The zero-order valence-electron chi connectivity index (χ0n) is 14.8. The van der Waals surface area contributed by atoms with Crippen LogP contribution in [0.3, 0.4) is 0 Å². The van der Waals surface area contributed by atoms with E-state index in [2.05, 4.69) is 9.88 Å². The first-order chi connectivity index (χ1) is 13.1. The van der Waals surface area contributed by atoms with Gasteiger partial charge in [-0.3, -0.25) is 14.5 Å². The molecule has 1 fully saturated rings. The highest BCUT2D eigenvalue weighted by Gasteiger charge is 2.35. The zero-order chi connectivity index (χ0) is 18.5. The SMILES string of the molecule is O=C(CN1CC2CC(C1)c1cccc(=O)n1C2)c1c[nH]c2ccc(F)cc12. The van der Waals surface area contributed by atoms with Crippen LogP contribution in [0.25, 0.3) is 10.9 Å². The summed E-state index contributed by atoms with van der Waals surface area (Å²) < 4.78 is 15.5. The number of aromatic amines is 1. The van der Waals surface area contributed by atoms with Crippen molar-refractivity contribution in [2.24, 2.45) is 5.92 Å². The van der Waals surface area contributed by atoms with Crippen LogP contribution < -0.4 is 5.56 Å². The molecule has 0 aliphatic carbocycles. The first-order valence-electron chi connectivity index (χ1n) is 9.30. The van der Waals surface area contributed by atoms with Gasteiger partial charge in [0.05, 0.1) is 6.54 Å². The second-order valence-corrected chi connectivity index (χ2v) is 7.71. The van der Waals surface area contributed by atoms with Crippen LogP contribution in [0.2, 0.25) is 0 Å². The van der Waals surface area contributed by atoms with Crippen molar-refractivity contribution in [3.8, 4) is 0 Å². The third-order valence-corrected chi connectivity index (χ3v) is 5.87. The predicted octanol–water partition coefficient (Wildman–Crippen LogP) is 2.77. The number of carbonyl (C=O) groups is 1. The molecule has 27 heavy (non-hydrogen) atoms. The summed E-state index contributed by atoms with van der Waals surface area (Å²) in [5.74, 6) is 0.312. The summed E-state index contributed by atoms with van der Waals surface area (Å²) in [5.41, 5.74) is 2.44. The molecule has 1 N–H and O–H groups in total. The Labute approximate surface area is 155 Å². The van der Waals surface area contributed by atoms with Crippen LogP contribution in [0, 0.1) is 11.7 Å². The van der Waals surface area contributed by atoms with Crippen LogP contribution in [0.5, 0.6) is 0 Å². The largest absolute Gasteiger partial charge is 0.360 e. The zero-order valence-corrected chi connectivity index (χ0v) is 14.8. The van der Waals surface area contributed by atoms with Gasteiger partial charge in [0, 0.05) is 60.0 Å². The first-order valence-corrected chi connectivity index (χ1v) is 9.30. The molecule has 0 saturated carbocycles. The predicted molar refractivity (Wildman–Crippen MR) is 101 cm³/mol. The molecule has 2 bridgehead atoms. The second-order valence-electron chi connectivity index (χ2n) is 7.71. The van der Waals surface area contributed by atoms with Crippen LogP contribution in [-0.4, -0.2) is 39.9 Å². The normalized spacial score (nSPS) is 22.0. The van der Waals surface area contributed by atoms with Gasteiger partial charge in [-0.1, -0.05) is 6.07 Å². The molecular weight excluding hydrogens is 345 g/mol. The van der Waals surface area contributed by atoms with Crippen LogP contribution in [-0.2, 0) is 6.54 Å². The summed E-state index contributed by atoms with van der Waals surface area (Å²) in [4.78, 5) is 30.2. The number of aromatic nitrogens is 2. The van der Waals surface area contributed by atoms with Gasteiger partial charge in [-0.15, -0.1) is 0 Å². The molecule has 2 aliphatic rings.